The first-order chi connectivity index (χ1) is 9.11. The molecule has 0 unspecified atom stereocenters. The van der Waals surface area contributed by atoms with Gasteiger partial charge in [-0.2, -0.15) is 0 Å². The summed E-state index contributed by atoms with van der Waals surface area (Å²) in [5.41, 5.74) is 0. The van der Waals surface area contributed by atoms with Crippen molar-refractivity contribution >= 4 is 0 Å². The molecule has 2 saturated carbocycles. The summed E-state index contributed by atoms with van der Waals surface area (Å²) >= 11 is 0. The fraction of sp³-hybridized carbons (Fsp3) is 0.909. The minimum Gasteiger partial charge on any atom is -0.358 e. The van der Waals surface area contributed by atoms with E-state index in [1.54, 1.807) is 0 Å². The van der Waals surface area contributed by atoms with E-state index < -0.39 is 0 Å². The van der Waals surface area contributed by atoms with Crippen molar-refractivity contribution in [2.24, 2.45) is 59.2 Å². The van der Waals surface area contributed by atoms with Gasteiger partial charge in [0.15, 0.2) is 0 Å². The van der Waals surface area contributed by atoms with E-state index in [9.17, 15) is 0 Å². The van der Waals surface area contributed by atoms with Crippen LogP contribution in [0.4, 0.5) is 0 Å². The molecule has 0 spiro atoms. The van der Waals surface area contributed by atoms with Crippen molar-refractivity contribution in [3.05, 3.63) is 14.9 Å². The summed E-state index contributed by atoms with van der Waals surface area (Å²) < 4.78 is 0. The quantitative estimate of drug-likeness (QED) is 0.375. The van der Waals surface area contributed by atoms with Gasteiger partial charge in [-0.05, 0) is 59.2 Å². The van der Waals surface area contributed by atoms with Crippen LogP contribution in [0.1, 0.15) is 69.2 Å². The van der Waals surface area contributed by atoms with Crippen LogP contribution in [0, 0.1) is 74.0 Å². The topological polar surface area (TPSA) is 0 Å². The molecule has 1 heteroatoms. The zero-order valence-corrected chi connectivity index (χ0v) is 20.7. The van der Waals surface area contributed by atoms with Crippen molar-refractivity contribution in [3.63, 3.8) is 0 Å². The number of hydrogen-bond acceptors (Lipinski definition) is 0. The fourth-order valence-corrected chi connectivity index (χ4v) is 4.79. The average Bonchev–Trinajstić information content (AvgIpc) is 2.71. The van der Waals surface area contributed by atoms with Crippen LogP contribution in [0.15, 0.2) is 0 Å². The van der Waals surface area contributed by atoms with Crippen molar-refractivity contribution in [2.45, 2.75) is 69.2 Å². The molecule has 2 aliphatic carbocycles. The molecule has 0 N–H and O–H groups in total. The van der Waals surface area contributed by atoms with Gasteiger partial charge < -0.3 is 14.9 Å². The van der Waals surface area contributed by atoms with Crippen LogP contribution >= 0.6 is 0 Å². The predicted octanol–water partition coefficient (Wildman–Crippen LogP) is 7.26. The van der Waals surface area contributed by atoms with Crippen molar-refractivity contribution in [1.82, 2.24) is 0 Å². The maximum atomic E-state index is 2.40. The van der Waals surface area contributed by atoms with Gasteiger partial charge in [0.05, 0.1) is 0 Å². The van der Waals surface area contributed by atoms with Crippen LogP contribution in [0.3, 0.4) is 0 Å². The van der Waals surface area contributed by atoms with Crippen molar-refractivity contribution in [2.75, 3.05) is 0 Å². The predicted molar refractivity (Wildman–Crippen MR) is 104 cm³/mol. The van der Waals surface area contributed by atoms with Crippen LogP contribution in [0.25, 0.3) is 0 Å². The molecule has 0 heterocycles. The van der Waals surface area contributed by atoms with E-state index in [4.69, 9.17) is 0 Å². The summed E-state index contributed by atoms with van der Waals surface area (Å²) in [6.07, 6.45) is 0. The summed E-state index contributed by atoms with van der Waals surface area (Å²) in [4.78, 5) is 0. The minimum absolute atomic E-state index is 0. The molecule has 2 aliphatic rings. The van der Waals surface area contributed by atoms with Gasteiger partial charge >= 0.3 is 26.2 Å². The zero-order chi connectivity index (χ0) is 15.8. The Morgan fingerprint density at radius 2 is 0.304 bits per heavy atom. The molecule has 0 aliphatic heterocycles. The summed E-state index contributed by atoms with van der Waals surface area (Å²) in [5, 5.41) is 0. The van der Waals surface area contributed by atoms with Gasteiger partial charge in [-0.3, -0.25) is 0 Å². The van der Waals surface area contributed by atoms with Gasteiger partial charge in [0, 0.05) is 0 Å². The molecule has 23 heavy (non-hydrogen) atoms. The Hall–Kier alpha value is 0.883. The molecule has 0 atom stereocenters. The van der Waals surface area contributed by atoms with E-state index in [0.717, 1.165) is 59.2 Å². The fourth-order valence-electron chi connectivity index (χ4n) is 4.79. The standard InChI is InChI=1S/2C10H20.2CH3.Zr/c2*1-6-7(2)9(4)10(5)8(6)3;;;/h2*6-10H,1-5H3;2*1H3;/q;;2*-1;+2. The maximum Gasteiger partial charge on any atom is 2.00 e. The Morgan fingerprint density at radius 1 is 0.261 bits per heavy atom. The maximum absolute atomic E-state index is 2.40. The molecular weight excluding hydrogens is 355 g/mol. The van der Waals surface area contributed by atoms with Crippen LogP contribution < -0.4 is 0 Å². The summed E-state index contributed by atoms with van der Waals surface area (Å²) in [6, 6.07) is 0. The molecule has 2 fully saturated rings. The van der Waals surface area contributed by atoms with Crippen LogP contribution in [-0.2, 0) is 26.2 Å². The van der Waals surface area contributed by atoms with Crippen LogP contribution in [-0.4, -0.2) is 0 Å². The van der Waals surface area contributed by atoms with Gasteiger partial charge in [-0.15, -0.1) is 0 Å². The van der Waals surface area contributed by atoms with Crippen LogP contribution in [0.5, 0.6) is 0 Å². The van der Waals surface area contributed by atoms with Gasteiger partial charge in [-0.25, -0.2) is 0 Å². The van der Waals surface area contributed by atoms with Crippen molar-refractivity contribution in [3.8, 4) is 0 Å². The molecule has 0 bridgehead atoms. The molecule has 0 amide bonds. The first kappa shape index (κ1) is 28.7. The van der Waals surface area contributed by atoms with Crippen molar-refractivity contribution < 1.29 is 26.2 Å². The SMILES string of the molecule is CC1C(C)C(C)C(C)C1C.CC1C(C)C(C)C(C)C1C.[CH3-].[CH3-].[Zr+2]. The van der Waals surface area contributed by atoms with Crippen molar-refractivity contribution in [1.29, 1.82) is 0 Å². The molecular formula is C22H46Zr. The van der Waals surface area contributed by atoms with E-state index in [1.807, 2.05) is 0 Å². The minimum atomic E-state index is 0. The molecule has 0 radical (unpaired) electrons. The smallest absolute Gasteiger partial charge is 0.358 e. The molecule has 2 rings (SSSR count). The third kappa shape index (κ3) is 5.97. The molecule has 138 valence electrons. The Bertz CT molecular complexity index is 181. The second-order valence-electron chi connectivity index (χ2n) is 8.59. The molecule has 0 aromatic rings. The molecule has 0 aromatic heterocycles. The number of hydrogen-bond donors (Lipinski definition) is 0. The van der Waals surface area contributed by atoms with Gasteiger partial charge in [0.2, 0.25) is 0 Å². The third-order valence-corrected chi connectivity index (χ3v) is 8.29. The monoisotopic (exact) mass is 400 g/mol. The van der Waals surface area contributed by atoms with Gasteiger partial charge in [-0.1, -0.05) is 69.2 Å². The zero-order valence-electron chi connectivity index (χ0n) is 18.3. The Kier molecular flexibility index (Phi) is 14.3. The number of rotatable bonds is 0. The summed E-state index contributed by atoms with van der Waals surface area (Å²) in [6.45, 7) is 24.0. The first-order valence-electron chi connectivity index (χ1n) is 9.11. The third-order valence-electron chi connectivity index (χ3n) is 8.29. The Labute approximate surface area is 169 Å². The second kappa shape index (κ2) is 11.5. The Morgan fingerprint density at radius 3 is 0.348 bits per heavy atom. The summed E-state index contributed by atoms with van der Waals surface area (Å²) in [7, 11) is 0. The first-order valence-corrected chi connectivity index (χ1v) is 9.11. The van der Waals surface area contributed by atoms with E-state index in [2.05, 4.69) is 69.2 Å². The van der Waals surface area contributed by atoms with E-state index in [0.29, 0.717) is 0 Å². The largest absolute Gasteiger partial charge is 2.00 e. The van der Waals surface area contributed by atoms with Gasteiger partial charge in [0.1, 0.15) is 0 Å². The second-order valence-corrected chi connectivity index (χ2v) is 8.59. The molecule has 0 saturated heterocycles. The normalized spacial score (nSPS) is 48.3. The van der Waals surface area contributed by atoms with E-state index in [1.165, 1.54) is 0 Å². The summed E-state index contributed by atoms with van der Waals surface area (Å²) in [5.74, 6) is 9.35. The average molecular weight is 402 g/mol. The van der Waals surface area contributed by atoms with E-state index >= 15 is 0 Å². The Balaban J connectivity index is -0.000000308. The molecule has 0 aromatic carbocycles. The van der Waals surface area contributed by atoms with Gasteiger partial charge in [0.25, 0.3) is 0 Å². The van der Waals surface area contributed by atoms with Crippen LogP contribution in [0.2, 0.25) is 0 Å². The molecule has 0 nitrogen and oxygen atoms in total. The van der Waals surface area contributed by atoms with E-state index in [-0.39, 0.29) is 41.1 Å².